The number of carbonyl (C=O) groups is 1. The Morgan fingerprint density at radius 1 is 1.28 bits per heavy atom. The number of thioether (sulfide) groups is 1. The van der Waals surface area contributed by atoms with Gasteiger partial charge in [-0.15, -0.1) is 0 Å². The summed E-state index contributed by atoms with van der Waals surface area (Å²) in [6, 6.07) is 11.7. The smallest absolute Gasteiger partial charge is 0.313 e. The number of carboxylic acid groups (broad SMARTS) is 1. The number of aryl methyl sites for hydroxylation is 1. The molecule has 25 heavy (non-hydrogen) atoms. The van der Waals surface area contributed by atoms with E-state index in [-0.39, 0.29) is 5.75 Å². The van der Waals surface area contributed by atoms with Gasteiger partial charge in [-0.3, -0.25) is 4.79 Å². The van der Waals surface area contributed by atoms with Gasteiger partial charge in [-0.2, -0.15) is 0 Å². The summed E-state index contributed by atoms with van der Waals surface area (Å²) in [6.07, 6.45) is 0.998. The zero-order chi connectivity index (χ0) is 17.8. The lowest BCUT2D eigenvalue weighted by molar-refractivity contribution is -0.133. The molecular formula is C19H15ClN2O2S. The van der Waals surface area contributed by atoms with Gasteiger partial charge in [0.15, 0.2) is 5.16 Å². The van der Waals surface area contributed by atoms with E-state index in [0.29, 0.717) is 21.3 Å². The van der Waals surface area contributed by atoms with E-state index < -0.39 is 5.97 Å². The van der Waals surface area contributed by atoms with Gasteiger partial charge in [0.25, 0.3) is 0 Å². The number of fused-ring (bicyclic) bond motifs is 1. The maximum atomic E-state index is 10.7. The molecule has 0 unspecified atom stereocenters. The molecule has 0 aliphatic carbocycles. The summed E-state index contributed by atoms with van der Waals surface area (Å²) in [7, 11) is 0. The van der Waals surface area contributed by atoms with E-state index in [9.17, 15) is 4.79 Å². The third-order valence-corrected chi connectivity index (χ3v) is 4.76. The van der Waals surface area contributed by atoms with Crippen molar-refractivity contribution in [2.45, 2.75) is 18.5 Å². The lowest BCUT2D eigenvalue weighted by atomic mass is 10.1. The average Bonchev–Trinajstić information content (AvgIpc) is 3.00. The maximum Gasteiger partial charge on any atom is 0.313 e. The molecule has 0 amide bonds. The highest BCUT2D eigenvalue weighted by molar-refractivity contribution is 7.99. The van der Waals surface area contributed by atoms with Gasteiger partial charge in [0.1, 0.15) is 0 Å². The predicted molar refractivity (Wildman–Crippen MR) is 101 cm³/mol. The molecule has 0 saturated heterocycles. The third-order valence-electron chi connectivity index (χ3n) is 3.59. The number of rotatable bonds is 4. The van der Waals surface area contributed by atoms with E-state index >= 15 is 0 Å². The number of carboxylic acids is 1. The molecular weight excluding hydrogens is 356 g/mol. The van der Waals surface area contributed by atoms with Crippen LogP contribution in [0.5, 0.6) is 0 Å². The van der Waals surface area contributed by atoms with Crippen LogP contribution in [0.2, 0.25) is 5.02 Å². The second-order valence-electron chi connectivity index (χ2n) is 5.37. The normalized spacial score (nSPS) is 10.5. The highest BCUT2D eigenvalue weighted by Crippen LogP contribution is 2.25. The number of halogens is 1. The molecule has 0 bridgehead atoms. The fourth-order valence-corrected chi connectivity index (χ4v) is 3.08. The Morgan fingerprint density at radius 3 is 2.72 bits per heavy atom. The van der Waals surface area contributed by atoms with E-state index in [1.54, 1.807) is 6.07 Å². The van der Waals surface area contributed by atoms with Gasteiger partial charge < -0.3 is 10.1 Å². The fourth-order valence-electron chi connectivity index (χ4n) is 2.26. The molecule has 0 atom stereocenters. The van der Waals surface area contributed by atoms with Gasteiger partial charge in [0, 0.05) is 11.1 Å². The van der Waals surface area contributed by atoms with Crippen molar-refractivity contribution >= 4 is 40.4 Å². The van der Waals surface area contributed by atoms with Gasteiger partial charge in [0.2, 0.25) is 0 Å². The standard InChI is InChI=1S/C19H15ClN2O2S/c1-2-12-3-5-13(6-4-12)7-8-14-9-16-17(10-15(14)20)22-19(21-16)25-11-18(23)24/h3-6,9-10H,2,11H2,1H3,(H,21,22)(H,23,24). The molecule has 2 aromatic carbocycles. The third kappa shape index (κ3) is 4.36. The van der Waals surface area contributed by atoms with Crippen molar-refractivity contribution in [3.8, 4) is 11.8 Å². The van der Waals surface area contributed by atoms with Crippen LogP contribution in [-0.2, 0) is 11.2 Å². The van der Waals surface area contributed by atoms with Crippen LogP contribution in [0, 0.1) is 11.8 Å². The Kier molecular flexibility index (Phi) is 5.32. The Balaban J connectivity index is 1.87. The first kappa shape index (κ1) is 17.4. The van der Waals surface area contributed by atoms with Crippen LogP contribution in [0.3, 0.4) is 0 Å². The Labute approximate surface area is 154 Å². The second-order valence-corrected chi connectivity index (χ2v) is 6.75. The minimum Gasteiger partial charge on any atom is -0.481 e. The monoisotopic (exact) mass is 370 g/mol. The van der Waals surface area contributed by atoms with Crippen LogP contribution in [0.1, 0.15) is 23.6 Å². The number of aromatic amines is 1. The maximum absolute atomic E-state index is 10.7. The lowest BCUT2D eigenvalue weighted by Gasteiger charge is -1.97. The van der Waals surface area contributed by atoms with E-state index in [2.05, 4.69) is 40.9 Å². The number of hydrogen-bond donors (Lipinski definition) is 2. The van der Waals surface area contributed by atoms with Crippen LogP contribution >= 0.6 is 23.4 Å². The first-order valence-electron chi connectivity index (χ1n) is 7.70. The summed E-state index contributed by atoms with van der Waals surface area (Å²) in [5, 5.41) is 9.83. The molecule has 0 spiro atoms. The average molecular weight is 371 g/mol. The van der Waals surface area contributed by atoms with Crippen molar-refractivity contribution in [3.63, 3.8) is 0 Å². The number of benzene rings is 2. The van der Waals surface area contributed by atoms with Crippen LogP contribution in [0.25, 0.3) is 11.0 Å². The minimum atomic E-state index is -0.885. The van der Waals surface area contributed by atoms with Crippen molar-refractivity contribution in [2.75, 3.05) is 5.75 Å². The molecule has 0 aliphatic rings. The van der Waals surface area contributed by atoms with Crippen molar-refractivity contribution in [2.24, 2.45) is 0 Å². The van der Waals surface area contributed by atoms with Gasteiger partial charge in [0.05, 0.1) is 21.8 Å². The SMILES string of the molecule is CCc1ccc(C#Cc2cc3nc(SCC(=O)O)[nH]c3cc2Cl)cc1. The molecule has 3 rings (SSSR count). The summed E-state index contributed by atoms with van der Waals surface area (Å²) < 4.78 is 0. The Hall–Kier alpha value is -2.42. The Bertz CT molecular complexity index is 984. The molecule has 3 aromatic rings. The van der Waals surface area contributed by atoms with E-state index in [0.717, 1.165) is 29.3 Å². The number of imidazole rings is 1. The van der Waals surface area contributed by atoms with Crippen molar-refractivity contribution in [3.05, 3.63) is 58.1 Å². The van der Waals surface area contributed by atoms with Gasteiger partial charge in [-0.25, -0.2) is 4.98 Å². The summed E-state index contributed by atoms with van der Waals surface area (Å²) >= 11 is 7.44. The van der Waals surface area contributed by atoms with Crippen molar-refractivity contribution < 1.29 is 9.90 Å². The zero-order valence-electron chi connectivity index (χ0n) is 13.5. The largest absolute Gasteiger partial charge is 0.481 e. The highest BCUT2D eigenvalue weighted by Gasteiger charge is 2.08. The highest BCUT2D eigenvalue weighted by atomic mass is 35.5. The zero-order valence-corrected chi connectivity index (χ0v) is 15.0. The van der Waals surface area contributed by atoms with Gasteiger partial charge in [-0.1, -0.05) is 54.3 Å². The summed E-state index contributed by atoms with van der Waals surface area (Å²) in [6.45, 7) is 2.11. The number of nitrogens with zero attached hydrogens (tertiary/aromatic N) is 1. The molecule has 4 nitrogen and oxygen atoms in total. The number of nitrogens with one attached hydrogen (secondary N) is 1. The first-order chi connectivity index (χ1) is 12.0. The molecule has 126 valence electrons. The number of aliphatic carboxylic acids is 1. The molecule has 0 aliphatic heterocycles. The summed E-state index contributed by atoms with van der Waals surface area (Å²) in [4.78, 5) is 18.1. The molecule has 1 aromatic heterocycles. The molecule has 0 saturated carbocycles. The number of hydrogen-bond acceptors (Lipinski definition) is 3. The lowest BCUT2D eigenvalue weighted by Crippen LogP contribution is -1.97. The first-order valence-corrected chi connectivity index (χ1v) is 9.06. The second kappa shape index (κ2) is 7.64. The van der Waals surface area contributed by atoms with Crippen molar-refractivity contribution in [1.29, 1.82) is 0 Å². The van der Waals surface area contributed by atoms with E-state index in [1.165, 1.54) is 5.56 Å². The number of H-pyrrole nitrogens is 1. The minimum absolute atomic E-state index is 0.0476. The summed E-state index contributed by atoms with van der Waals surface area (Å²) in [5.41, 5.74) is 4.36. The molecule has 2 N–H and O–H groups in total. The Morgan fingerprint density at radius 2 is 2.04 bits per heavy atom. The van der Waals surface area contributed by atoms with Crippen LogP contribution in [-0.4, -0.2) is 26.8 Å². The number of aromatic nitrogens is 2. The molecule has 0 fully saturated rings. The van der Waals surface area contributed by atoms with E-state index in [4.69, 9.17) is 16.7 Å². The molecule has 0 radical (unpaired) electrons. The quantitative estimate of drug-likeness (QED) is 0.529. The predicted octanol–water partition coefficient (Wildman–Crippen LogP) is 4.36. The summed E-state index contributed by atoms with van der Waals surface area (Å²) in [5.74, 6) is 5.26. The van der Waals surface area contributed by atoms with Gasteiger partial charge in [-0.05, 0) is 36.2 Å². The van der Waals surface area contributed by atoms with Crippen LogP contribution < -0.4 is 0 Å². The van der Waals surface area contributed by atoms with Crippen LogP contribution in [0.15, 0.2) is 41.6 Å². The van der Waals surface area contributed by atoms with Crippen LogP contribution in [0.4, 0.5) is 0 Å². The topological polar surface area (TPSA) is 66.0 Å². The van der Waals surface area contributed by atoms with Crippen molar-refractivity contribution in [1.82, 2.24) is 9.97 Å². The molecule has 1 heterocycles. The van der Waals surface area contributed by atoms with Gasteiger partial charge >= 0.3 is 5.97 Å². The van der Waals surface area contributed by atoms with E-state index in [1.807, 2.05) is 18.2 Å². The fraction of sp³-hybridized carbons (Fsp3) is 0.158. The molecule has 6 heteroatoms.